The van der Waals surface area contributed by atoms with E-state index in [2.05, 4.69) is 43.9 Å². The van der Waals surface area contributed by atoms with E-state index in [0.717, 1.165) is 48.5 Å². The molecule has 3 aromatic rings. The van der Waals surface area contributed by atoms with Crippen LogP contribution in [0.4, 0.5) is 0 Å². The Morgan fingerprint density at radius 2 is 1.71 bits per heavy atom. The highest BCUT2D eigenvalue weighted by Gasteiger charge is 2.19. The van der Waals surface area contributed by atoms with Crippen molar-refractivity contribution in [2.45, 2.75) is 36.8 Å². The quantitative estimate of drug-likeness (QED) is 0.460. The van der Waals surface area contributed by atoms with Crippen molar-refractivity contribution >= 4 is 35.0 Å². The van der Waals surface area contributed by atoms with Gasteiger partial charge in [-0.1, -0.05) is 71.4 Å². The molecule has 1 aliphatic heterocycles. The first-order chi connectivity index (χ1) is 13.7. The van der Waals surface area contributed by atoms with Gasteiger partial charge in [-0.15, -0.1) is 10.2 Å². The minimum Gasteiger partial charge on any atom is -0.300 e. The molecular formula is C21H22Cl2N4S. The van der Waals surface area contributed by atoms with Crippen LogP contribution >= 0.6 is 35.0 Å². The van der Waals surface area contributed by atoms with Gasteiger partial charge in [0, 0.05) is 15.8 Å². The SMILES string of the molecule is Clc1ccc(CSc2nnc(CN3CCCC3)n2Cc2ccccc2)c(Cl)c1. The van der Waals surface area contributed by atoms with Crippen molar-refractivity contribution < 1.29 is 0 Å². The number of halogens is 2. The number of rotatable bonds is 7. The lowest BCUT2D eigenvalue weighted by molar-refractivity contribution is 0.316. The van der Waals surface area contributed by atoms with Crippen molar-refractivity contribution in [3.8, 4) is 0 Å². The number of thioether (sulfide) groups is 1. The topological polar surface area (TPSA) is 34.0 Å². The zero-order valence-electron chi connectivity index (χ0n) is 15.5. The van der Waals surface area contributed by atoms with Crippen LogP contribution in [0, 0.1) is 0 Å². The van der Waals surface area contributed by atoms with E-state index in [4.69, 9.17) is 23.2 Å². The fraction of sp³-hybridized carbons (Fsp3) is 0.333. The molecule has 0 unspecified atom stereocenters. The highest BCUT2D eigenvalue weighted by atomic mass is 35.5. The van der Waals surface area contributed by atoms with Gasteiger partial charge in [0.25, 0.3) is 0 Å². The third-order valence-electron chi connectivity index (χ3n) is 4.91. The second-order valence-corrected chi connectivity index (χ2v) is 8.76. The standard InChI is InChI=1S/C21H22Cl2N4S/c22-18-9-8-17(19(23)12-18)15-28-21-25-24-20(14-26-10-4-5-11-26)27(21)13-16-6-2-1-3-7-16/h1-3,6-9,12H,4-5,10-11,13-15H2. The molecule has 0 amide bonds. The van der Waals surface area contributed by atoms with Gasteiger partial charge in [-0.05, 0) is 49.2 Å². The Morgan fingerprint density at radius 1 is 0.929 bits per heavy atom. The molecule has 28 heavy (non-hydrogen) atoms. The van der Waals surface area contributed by atoms with Crippen LogP contribution in [0.25, 0.3) is 0 Å². The van der Waals surface area contributed by atoms with Gasteiger partial charge >= 0.3 is 0 Å². The number of aromatic nitrogens is 3. The van der Waals surface area contributed by atoms with E-state index < -0.39 is 0 Å². The molecule has 0 aliphatic carbocycles. The molecule has 4 nitrogen and oxygen atoms in total. The number of benzene rings is 2. The van der Waals surface area contributed by atoms with Crippen LogP contribution in [0.15, 0.2) is 53.7 Å². The fourth-order valence-electron chi connectivity index (χ4n) is 3.39. The Bertz CT molecular complexity index is 923. The van der Waals surface area contributed by atoms with E-state index in [0.29, 0.717) is 10.0 Å². The van der Waals surface area contributed by atoms with Crippen LogP contribution in [0.5, 0.6) is 0 Å². The predicted octanol–water partition coefficient (Wildman–Crippen LogP) is 5.52. The van der Waals surface area contributed by atoms with Gasteiger partial charge in [-0.3, -0.25) is 4.90 Å². The maximum absolute atomic E-state index is 6.34. The molecule has 4 rings (SSSR count). The van der Waals surface area contributed by atoms with Gasteiger partial charge in [0.05, 0.1) is 13.1 Å². The van der Waals surface area contributed by atoms with Crippen molar-refractivity contribution in [1.82, 2.24) is 19.7 Å². The minimum atomic E-state index is 0.652. The normalized spacial score (nSPS) is 14.6. The zero-order chi connectivity index (χ0) is 19.3. The average Bonchev–Trinajstić information content (AvgIpc) is 3.33. The molecule has 2 aromatic carbocycles. The lowest BCUT2D eigenvalue weighted by Gasteiger charge is -2.16. The van der Waals surface area contributed by atoms with E-state index in [9.17, 15) is 0 Å². The van der Waals surface area contributed by atoms with Crippen molar-refractivity contribution in [2.24, 2.45) is 0 Å². The summed E-state index contributed by atoms with van der Waals surface area (Å²) in [6, 6.07) is 16.1. The van der Waals surface area contributed by atoms with Gasteiger partial charge < -0.3 is 4.57 Å². The second kappa shape index (κ2) is 9.31. The third-order valence-corrected chi connectivity index (χ3v) is 6.52. The molecule has 1 fully saturated rings. The molecule has 7 heteroatoms. The predicted molar refractivity (Wildman–Crippen MR) is 116 cm³/mol. The molecule has 0 bridgehead atoms. The maximum Gasteiger partial charge on any atom is 0.191 e. The van der Waals surface area contributed by atoms with Gasteiger partial charge in [-0.25, -0.2) is 0 Å². The number of likely N-dealkylation sites (tertiary alicyclic amines) is 1. The van der Waals surface area contributed by atoms with E-state index in [1.165, 1.54) is 18.4 Å². The van der Waals surface area contributed by atoms with Crippen LogP contribution in [0.1, 0.15) is 29.8 Å². The Hall–Kier alpha value is -1.53. The highest BCUT2D eigenvalue weighted by molar-refractivity contribution is 7.98. The summed E-state index contributed by atoms with van der Waals surface area (Å²) in [5, 5.41) is 11.3. The van der Waals surface area contributed by atoms with Gasteiger partial charge in [0.15, 0.2) is 5.16 Å². The monoisotopic (exact) mass is 432 g/mol. The first-order valence-electron chi connectivity index (χ1n) is 9.44. The van der Waals surface area contributed by atoms with E-state index in [-0.39, 0.29) is 0 Å². The van der Waals surface area contributed by atoms with Crippen LogP contribution in [0.3, 0.4) is 0 Å². The summed E-state index contributed by atoms with van der Waals surface area (Å²) >= 11 is 14.0. The summed E-state index contributed by atoms with van der Waals surface area (Å²) in [6.45, 7) is 3.90. The lowest BCUT2D eigenvalue weighted by Crippen LogP contribution is -2.21. The van der Waals surface area contributed by atoms with Gasteiger partial charge in [-0.2, -0.15) is 0 Å². The fourth-order valence-corrected chi connectivity index (χ4v) is 4.90. The van der Waals surface area contributed by atoms with Crippen LogP contribution in [0.2, 0.25) is 10.0 Å². The molecule has 0 atom stereocenters. The molecule has 1 saturated heterocycles. The summed E-state index contributed by atoms with van der Waals surface area (Å²) in [7, 11) is 0. The number of nitrogens with zero attached hydrogens (tertiary/aromatic N) is 4. The Labute approximate surface area is 179 Å². The number of hydrogen-bond acceptors (Lipinski definition) is 4. The molecule has 2 heterocycles. The van der Waals surface area contributed by atoms with Gasteiger partial charge in [0.1, 0.15) is 5.82 Å². The van der Waals surface area contributed by atoms with E-state index in [1.807, 2.05) is 18.2 Å². The molecule has 0 spiro atoms. The summed E-state index contributed by atoms with van der Waals surface area (Å²) in [4.78, 5) is 2.45. The maximum atomic E-state index is 6.34. The average molecular weight is 433 g/mol. The first kappa shape index (κ1) is 19.8. The smallest absolute Gasteiger partial charge is 0.191 e. The number of hydrogen-bond donors (Lipinski definition) is 0. The first-order valence-corrected chi connectivity index (χ1v) is 11.2. The molecule has 0 saturated carbocycles. The molecule has 146 valence electrons. The summed E-state index contributed by atoms with van der Waals surface area (Å²) < 4.78 is 2.24. The second-order valence-electron chi connectivity index (χ2n) is 6.98. The van der Waals surface area contributed by atoms with Crippen molar-refractivity contribution in [1.29, 1.82) is 0 Å². The molecule has 1 aliphatic rings. The highest BCUT2D eigenvalue weighted by Crippen LogP contribution is 2.29. The molecule has 1 aromatic heterocycles. The van der Waals surface area contributed by atoms with Crippen LogP contribution < -0.4 is 0 Å². The van der Waals surface area contributed by atoms with E-state index in [1.54, 1.807) is 17.8 Å². The van der Waals surface area contributed by atoms with Crippen LogP contribution in [-0.2, 0) is 18.8 Å². The minimum absolute atomic E-state index is 0.652. The summed E-state index contributed by atoms with van der Waals surface area (Å²) in [5.41, 5.74) is 2.29. The molecule has 0 N–H and O–H groups in total. The van der Waals surface area contributed by atoms with Gasteiger partial charge in [0.2, 0.25) is 0 Å². The third kappa shape index (κ3) is 4.90. The lowest BCUT2D eigenvalue weighted by atomic mass is 10.2. The summed E-state index contributed by atoms with van der Waals surface area (Å²) in [6.07, 6.45) is 2.53. The zero-order valence-corrected chi connectivity index (χ0v) is 17.8. The van der Waals surface area contributed by atoms with E-state index >= 15 is 0 Å². The van der Waals surface area contributed by atoms with Crippen molar-refractivity contribution in [3.05, 3.63) is 75.5 Å². The molecule has 0 radical (unpaired) electrons. The Morgan fingerprint density at radius 3 is 2.46 bits per heavy atom. The van der Waals surface area contributed by atoms with Crippen LogP contribution in [-0.4, -0.2) is 32.8 Å². The Balaban J connectivity index is 1.55. The summed E-state index contributed by atoms with van der Waals surface area (Å²) in [5.74, 6) is 1.75. The largest absolute Gasteiger partial charge is 0.300 e. The van der Waals surface area contributed by atoms with Crippen molar-refractivity contribution in [3.63, 3.8) is 0 Å². The van der Waals surface area contributed by atoms with Crippen molar-refractivity contribution in [2.75, 3.05) is 13.1 Å². The Kier molecular flexibility index (Phi) is 6.58. The molecular weight excluding hydrogens is 411 g/mol.